The zero-order valence-corrected chi connectivity index (χ0v) is 16.0. The fourth-order valence-corrected chi connectivity index (χ4v) is 2.60. The molecule has 0 fully saturated rings. The minimum absolute atomic E-state index is 0.208. The maximum Gasteiger partial charge on any atom is 0.342 e. The van der Waals surface area contributed by atoms with Gasteiger partial charge < -0.3 is 10.1 Å². The van der Waals surface area contributed by atoms with E-state index in [2.05, 4.69) is 15.7 Å². The van der Waals surface area contributed by atoms with Crippen molar-refractivity contribution in [3.8, 4) is 16.9 Å². The van der Waals surface area contributed by atoms with Crippen molar-refractivity contribution >= 4 is 17.9 Å². The molecular formula is C21H20N4O4. The average molecular weight is 392 g/mol. The summed E-state index contributed by atoms with van der Waals surface area (Å²) in [4.78, 5) is 36.1. The molecule has 2 aromatic carbocycles. The molecule has 0 aliphatic carbocycles. The van der Waals surface area contributed by atoms with Gasteiger partial charge in [0.05, 0.1) is 5.69 Å². The van der Waals surface area contributed by atoms with Gasteiger partial charge in [-0.3, -0.25) is 10.1 Å². The Morgan fingerprint density at radius 3 is 2.24 bits per heavy atom. The molecule has 0 bridgehead atoms. The molecule has 3 rings (SSSR count). The van der Waals surface area contributed by atoms with Crippen molar-refractivity contribution in [1.29, 1.82) is 0 Å². The third-order valence-corrected chi connectivity index (χ3v) is 4.12. The van der Waals surface area contributed by atoms with Crippen LogP contribution in [0.2, 0.25) is 0 Å². The number of ether oxygens (including phenoxy) is 1. The lowest BCUT2D eigenvalue weighted by molar-refractivity contribution is -0.127. The van der Waals surface area contributed by atoms with Gasteiger partial charge in [0.2, 0.25) is 0 Å². The number of rotatable bonds is 5. The molecule has 3 aromatic rings. The number of esters is 1. The van der Waals surface area contributed by atoms with Gasteiger partial charge in [-0.15, -0.1) is 0 Å². The van der Waals surface area contributed by atoms with Crippen LogP contribution in [0.5, 0.6) is 0 Å². The topological polar surface area (TPSA) is 102 Å². The van der Waals surface area contributed by atoms with E-state index in [1.165, 1.54) is 14.0 Å². The number of benzene rings is 2. The van der Waals surface area contributed by atoms with Crippen molar-refractivity contribution in [2.75, 3.05) is 7.05 Å². The number of hydrogen-bond donors (Lipinski definition) is 2. The highest BCUT2D eigenvalue weighted by Gasteiger charge is 2.25. The van der Waals surface area contributed by atoms with Gasteiger partial charge in [0.15, 0.2) is 6.10 Å². The van der Waals surface area contributed by atoms with E-state index in [9.17, 15) is 14.4 Å². The third kappa shape index (κ3) is 4.67. The van der Waals surface area contributed by atoms with Crippen molar-refractivity contribution in [2.45, 2.75) is 13.0 Å². The smallest absolute Gasteiger partial charge is 0.342 e. The van der Waals surface area contributed by atoms with E-state index in [0.29, 0.717) is 5.69 Å². The highest BCUT2D eigenvalue weighted by atomic mass is 16.5. The Morgan fingerprint density at radius 1 is 1.00 bits per heavy atom. The number of urea groups is 1. The molecule has 2 N–H and O–H groups in total. The summed E-state index contributed by atoms with van der Waals surface area (Å²) in [7, 11) is 1.38. The number of nitrogens with zero attached hydrogens (tertiary/aromatic N) is 2. The normalized spacial score (nSPS) is 11.4. The maximum absolute atomic E-state index is 12.8. The summed E-state index contributed by atoms with van der Waals surface area (Å²) in [6.07, 6.45) is 0.395. The number of carbonyl (C=O) groups is 3. The zero-order valence-electron chi connectivity index (χ0n) is 16.0. The number of amides is 3. The van der Waals surface area contributed by atoms with Gasteiger partial charge >= 0.3 is 12.0 Å². The highest BCUT2D eigenvalue weighted by molar-refractivity contribution is 6.00. The molecule has 0 aliphatic heterocycles. The van der Waals surface area contributed by atoms with Gasteiger partial charge in [-0.25, -0.2) is 14.3 Å². The van der Waals surface area contributed by atoms with E-state index >= 15 is 0 Å². The minimum Gasteiger partial charge on any atom is -0.449 e. The molecule has 0 saturated heterocycles. The van der Waals surface area contributed by atoms with E-state index in [1.807, 2.05) is 60.7 Å². The summed E-state index contributed by atoms with van der Waals surface area (Å²) in [5, 5.41) is 8.88. The quantitative estimate of drug-likeness (QED) is 0.650. The van der Waals surface area contributed by atoms with Crippen molar-refractivity contribution < 1.29 is 19.1 Å². The minimum atomic E-state index is -1.16. The van der Waals surface area contributed by atoms with E-state index in [1.54, 1.807) is 10.9 Å². The van der Waals surface area contributed by atoms with Gasteiger partial charge in [-0.2, -0.15) is 5.10 Å². The van der Waals surface area contributed by atoms with Gasteiger partial charge in [0.25, 0.3) is 5.91 Å². The SMILES string of the molecule is CNC(=O)NC(=O)C(C)OC(=O)c1cn(-c2ccccc2)nc1-c1ccccc1. The lowest BCUT2D eigenvalue weighted by Gasteiger charge is -2.12. The Morgan fingerprint density at radius 2 is 1.62 bits per heavy atom. The first-order chi connectivity index (χ1) is 14.0. The number of nitrogens with one attached hydrogen (secondary N) is 2. The lowest BCUT2D eigenvalue weighted by Crippen LogP contribution is -2.43. The van der Waals surface area contributed by atoms with Crippen molar-refractivity contribution in [2.24, 2.45) is 0 Å². The first kappa shape index (κ1) is 19.8. The summed E-state index contributed by atoms with van der Waals surface area (Å²) in [6.45, 7) is 1.39. The first-order valence-corrected chi connectivity index (χ1v) is 8.93. The molecular weight excluding hydrogens is 372 g/mol. The van der Waals surface area contributed by atoms with E-state index in [0.717, 1.165) is 11.3 Å². The van der Waals surface area contributed by atoms with Gasteiger partial charge in [0.1, 0.15) is 11.3 Å². The molecule has 1 unspecified atom stereocenters. The Hall–Kier alpha value is -3.94. The Bertz CT molecular complexity index is 1020. The van der Waals surface area contributed by atoms with Crippen molar-refractivity contribution in [3.63, 3.8) is 0 Å². The predicted octanol–water partition coefficient (Wildman–Crippen LogP) is 2.54. The fourth-order valence-electron chi connectivity index (χ4n) is 2.60. The molecule has 8 nitrogen and oxygen atoms in total. The Balaban J connectivity index is 1.90. The number of carbonyl (C=O) groups excluding carboxylic acids is 3. The van der Waals surface area contributed by atoms with Gasteiger partial charge in [-0.05, 0) is 19.1 Å². The molecule has 0 aliphatic rings. The fraction of sp³-hybridized carbons (Fsp3) is 0.143. The molecule has 1 heterocycles. The Kier molecular flexibility index (Phi) is 6.03. The number of aromatic nitrogens is 2. The summed E-state index contributed by atoms with van der Waals surface area (Å²) in [5.74, 6) is -1.44. The monoisotopic (exact) mass is 392 g/mol. The zero-order chi connectivity index (χ0) is 20.8. The highest BCUT2D eigenvalue weighted by Crippen LogP contribution is 2.24. The summed E-state index contributed by atoms with van der Waals surface area (Å²) in [5.41, 5.74) is 2.14. The Labute approximate surface area is 167 Å². The second-order valence-corrected chi connectivity index (χ2v) is 6.15. The van der Waals surface area contributed by atoms with Crippen LogP contribution in [0, 0.1) is 0 Å². The lowest BCUT2D eigenvalue weighted by atomic mass is 10.1. The van der Waals surface area contributed by atoms with Crippen molar-refractivity contribution in [1.82, 2.24) is 20.4 Å². The first-order valence-electron chi connectivity index (χ1n) is 8.93. The second-order valence-electron chi connectivity index (χ2n) is 6.15. The molecule has 0 saturated carbocycles. The molecule has 148 valence electrons. The van der Waals surface area contributed by atoms with Crippen LogP contribution in [0.25, 0.3) is 16.9 Å². The van der Waals surface area contributed by atoms with E-state index < -0.39 is 24.0 Å². The molecule has 0 radical (unpaired) electrons. The van der Waals surface area contributed by atoms with Crippen LogP contribution >= 0.6 is 0 Å². The van der Waals surface area contributed by atoms with Crippen molar-refractivity contribution in [3.05, 3.63) is 72.4 Å². The van der Waals surface area contributed by atoms with Crippen LogP contribution in [-0.2, 0) is 9.53 Å². The van der Waals surface area contributed by atoms with Crippen LogP contribution in [0.1, 0.15) is 17.3 Å². The van der Waals surface area contributed by atoms with Crippen LogP contribution in [0.4, 0.5) is 4.79 Å². The van der Waals surface area contributed by atoms with E-state index in [4.69, 9.17) is 4.74 Å². The second kappa shape index (κ2) is 8.83. The van der Waals surface area contributed by atoms with Crippen LogP contribution < -0.4 is 10.6 Å². The van der Waals surface area contributed by atoms with Crippen LogP contribution in [0.3, 0.4) is 0 Å². The summed E-state index contributed by atoms with van der Waals surface area (Å²) in [6, 6.07) is 17.8. The molecule has 0 spiro atoms. The third-order valence-electron chi connectivity index (χ3n) is 4.12. The van der Waals surface area contributed by atoms with E-state index in [-0.39, 0.29) is 5.56 Å². The number of hydrogen-bond acceptors (Lipinski definition) is 5. The average Bonchev–Trinajstić information content (AvgIpc) is 3.20. The van der Waals surface area contributed by atoms with Gasteiger partial charge in [-0.1, -0.05) is 48.5 Å². The number of imide groups is 1. The standard InChI is InChI=1S/C21H20N4O4/c1-14(19(26)23-21(28)22-2)29-20(27)17-13-25(16-11-7-4-8-12-16)24-18(17)15-9-5-3-6-10-15/h3-14H,1-2H3,(H2,22,23,26,28). The molecule has 8 heteroatoms. The van der Waals surface area contributed by atoms with Crippen LogP contribution in [-0.4, -0.2) is 40.8 Å². The summed E-state index contributed by atoms with van der Waals surface area (Å²) < 4.78 is 6.85. The van der Waals surface area contributed by atoms with Crippen LogP contribution in [0.15, 0.2) is 66.9 Å². The largest absolute Gasteiger partial charge is 0.449 e. The summed E-state index contributed by atoms with van der Waals surface area (Å²) >= 11 is 0. The molecule has 1 atom stereocenters. The molecule has 1 aromatic heterocycles. The van der Waals surface area contributed by atoms with Gasteiger partial charge in [0, 0.05) is 18.8 Å². The molecule has 3 amide bonds. The molecule has 29 heavy (non-hydrogen) atoms. The predicted molar refractivity (Wildman–Crippen MR) is 106 cm³/mol. The number of para-hydroxylation sites is 1. The maximum atomic E-state index is 12.8.